The molecule has 1 aromatic carbocycles. The number of allylic oxidation sites excluding steroid dienone is 1. The van der Waals surface area contributed by atoms with Crippen LogP contribution in [0.15, 0.2) is 47.6 Å². The van der Waals surface area contributed by atoms with Crippen LogP contribution in [-0.2, 0) is 11.5 Å². The van der Waals surface area contributed by atoms with E-state index in [1.807, 2.05) is 24.3 Å². The van der Waals surface area contributed by atoms with Gasteiger partial charge >= 0.3 is 0 Å². The molecule has 0 fully saturated rings. The molecule has 25 heavy (non-hydrogen) atoms. The molecule has 2 aromatic rings. The third-order valence-corrected chi connectivity index (χ3v) is 6.54. The summed E-state index contributed by atoms with van der Waals surface area (Å²) in [6.45, 7) is 14.5. The molecule has 0 aliphatic rings. The van der Waals surface area contributed by atoms with Crippen LogP contribution in [0.2, 0.25) is 25.7 Å². The predicted octanol–water partition coefficient (Wildman–Crippen LogP) is 6.30. The van der Waals surface area contributed by atoms with Crippen molar-refractivity contribution in [2.24, 2.45) is 0 Å². The Morgan fingerprint density at radius 2 is 2.04 bits per heavy atom. The summed E-state index contributed by atoms with van der Waals surface area (Å²) < 4.78 is 9.17. The first kappa shape index (κ1) is 20.1. The maximum absolute atomic E-state index is 5.96. The van der Waals surface area contributed by atoms with E-state index >= 15 is 0 Å². The number of imidazole rings is 1. The van der Waals surface area contributed by atoms with Crippen molar-refractivity contribution in [3.8, 4) is 11.3 Å². The highest BCUT2D eigenvalue weighted by Gasteiger charge is 2.17. The highest BCUT2D eigenvalue weighted by molar-refractivity contribution is 9.10. The second kappa shape index (κ2) is 8.97. The van der Waals surface area contributed by atoms with Gasteiger partial charge < -0.3 is 9.30 Å². The quantitative estimate of drug-likeness (QED) is 0.270. The molecule has 2 rings (SSSR count). The van der Waals surface area contributed by atoms with E-state index in [2.05, 4.69) is 65.9 Å². The van der Waals surface area contributed by atoms with Crippen molar-refractivity contribution in [2.45, 2.75) is 51.7 Å². The molecule has 0 saturated heterocycles. The molecular weight excluding hydrogens is 392 g/mol. The molecule has 0 amide bonds. The van der Waals surface area contributed by atoms with E-state index < -0.39 is 8.07 Å². The van der Waals surface area contributed by atoms with E-state index in [9.17, 15) is 0 Å². The number of rotatable bonds is 9. The first-order valence-corrected chi connectivity index (χ1v) is 13.3. The van der Waals surface area contributed by atoms with E-state index in [0.717, 1.165) is 34.6 Å². The fourth-order valence-electron chi connectivity index (χ4n) is 2.62. The number of benzene rings is 1. The van der Waals surface area contributed by atoms with Gasteiger partial charge in [-0.15, -0.1) is 6.58 Å². The summed E-state index contributed by atoms with van der Waals surface area (Å²) in [6, 6.07) is 9.37. The molecule has 1 atom stereocenters. The van der Waals surface area contributed by atoms with Gasteiger partial charge in [0.15, 0.2) is 0 Å². The fourth-order valence-corrected chi connectivity index (χ4v) is 3.87. The van der Waals surface area contributed by atoms with Gasteiger partial charge in [0.2, 0.25) is 0 Å². The van der Waals surface area contributed by atoms with Crippen molar-refractivity contribution < 1.29 is 4.74 Å². The minimum absolute atomic E-state index is 0.314. The van der Waals surface area contributed by atoms with E-state index in [1.54, 1.807) is 0 Å². The number of nitrogens with zero attached hydrogens (tertiary/aromatic N) is 2. The molecule has 0 aliphatic carbocycles. The van der Waals surface area contributed by atoms with Gasteiger partial charge in [-0.2, -0.15) is 0 Å². The molecule has 3 nitrogen and oxygen atoms in total. The lowest BCUT2D eigenvalue weighted by Crippen LogP contribution is -2.22. The molecule has 136 valence electrons. The fraction of sp³-hybridized carbons (Fsp3) is 0.450. The largest absolute Gasteiger partial charge is 0.361 e. The monoisotopic (exact) mass is 420 g/mol. The molecule has 1 aromatic heterocycles. The van der Waals surface area contributed by atoms with E-state index in [1.165, 1.54) is 6.04 Å². The zero-order valence-electron chi connectivity index (χ0n) is 15.8. The van der Waals surface area contributed by atoms with E-state index in [-0.39, 0.29) is 0 Å². The van der Waals surface area contributed by atoms with Gasteiger partial charge in [-0.3, -0.25) is 0 Å². The predicted molar refractivity (Wildman–Crippen MR) is 113 cm³/mol. The lowest BCUT2D eigenvalue weighted by Gasteiger charge is -2.17. The van der Waals surface area contributed by atoms with Crippen molar-refractivity contribution in [3.05, 3.63) is 53.4 Å². The highest BCUT2D eigenvalue weighted by atomic mass is 79.9. The van der Waals surface area contributed by atoms with Crippen LogP contribution in [0.25, 0.3) is 11.3 Å². The summed E-state index contributed by atoms with van der Waals surface area (Å²) in [4.78, 5) is 4.90. The van der Waals surface area contributed by atoms with Gasteiger partial charge in [-0.05, 0) is 18.5 Å². The summed E-state index contributed by atoms with van der Waals surface area (Å²) in [5.74, 6) is 1.37. The Balaban J connectivity index is 2.21. The Kier molecular flexibility index (Phi) is 7.22. The second-order valence-corrected chi connectivity index (χ2v) is 14.2. The van der Waals surface area contributed by atoms with E-state index in [4.69, 9.17) is 9.72 Å². The molecule has 5 heteroatoms. The van der Waals surface area contributed by atoms with Crippen molar-refractivity contribution in [1.29, 1.82) is 0 Å². The highest BCUT2D eigenvalue weighted by Crippen LogP contribution is 2.29. The lowest BCUT2D eigenvalue weighted by molar-refractivity contribution is 0.0845. The third kappa shape index (κ3) is 5.94. The molecule has 0 spiro atoms. The van der Waals surface area contributed by atoms with Crippen molar-refractivity contribution in [2.75, 3.05) is 6.61 Å². The third-order valence-electron chi connectivity index (χ3n) is 4.14. The van der Waals surface area contributed by atoms with Gasteiger partial charge in [-0.25, -0.2) is 4.98 Å². The normalized spacial score (nSPS) is 13.0. The maximum Gasteiger partial charge on any atom is 0.124 e. The first-order valence-electron chi connectivity index (χ1n) is 8.82. The molecule has 0 unspecified atom stereocenters. The summed E-state index contributed by atoms with van der Waals surface area (Å²) in [5.41, 5.74) is 2.09. The average molecular weight is 421 g/mol. The molecule has 1 heterocycles. The molecule has 0 radical (unpaired) electrons. The van der Waals surface area contributed by atoms with Crippen molar-refractivity contribution >= 4 is 24.0 Å². The molecule has 0 bridgehead atoms. The van der Waals surface area contributed by atoms with Crippen LogP contribution in [0.3, 0.4) is 0 Å². The number of halogens is 1. The maximum atomic E-state index is 5.96. The van der Waals surface area contributed by atoms with Gasteiger partial charge in [0.1, 0.15) is 12.6 Å². The summed E-state index contributed by atoms with van der Waals surface area (Å²) >= 11 is 3.63. The van der Waals surface area contributed by atoms with Crippen LogP contribution >= 0.6 is 15.9 Å². The molecule has 0 aliphatic heterocycles. The van der Waals surface area contributed by atoms with Gasteiger partial charge in [-0.1, -0.05) is 66.8 Å². The van der Waals surface area contributed by atoms with Crippen molar-refractivity contribution in [3.63, 3.8) is 0 Å². The summed E-state index contributed by atoms with van der Waals surface area (Å²) in [7, 11) is -1.07. The second-order valence-electron chi connectivity index (χ2n) is 7.71. The average Bonchev–Trinajstić information content (AvgIpc) is 2.95. The van der Waals surface area contributed by atoms with Crippen LogP contribution in [0.4, 0.5) is 0 Å². The molecule has 0 N–H and O–H groups in total. The van der Waals surface area contributed by atoms with Gasteiger partial charge in [0.05, 0.1) is 5.69 Å². The van der Waals surface area contributed by atoms with Crippen LogP contribution < -0.4 is 0 Å². The Hall–Kier alpha value is -1.17. The Bertz CT molecular complexity index is 706. The van der Waals surface area contributed by atoms with Crippen molar-refractivity contribution in [1.82, 2.24) is 9.55 Å². The number of hydrogen-bond donors (Lipinski definition) is 0. The summed E-state index contributed by atoms with van der Waals surface area (Å²) in [6.07, 6.45) is 4.96. The number of hydrogen-bond acceptors (Lipinski definition) is 2. The topological polar surface area (TPSA) is 27.1 Å². The molecular formula is C20H29BrN2OSi. The van der Waals surface area contributed by atoms with Gasteiger partial charge in [0, 0.05) is 36.8 Å². The number of aromatic nitrogens is 2. The Morgan fingerprint density at radius 1 is 1.32 bits per heavy atom. The SMILES string of the molecule is C=CC[C@H](C)c1nc(-c2ccccc2Br)cn1COCC[Si](C)(C)C. The molecule has 0 saturated carbocycles. The van der Waals surface area contributed by atoms with Crippen LogP contribution in [0.1, 0.15) is 25.1 Å². The van der Waals surface area contributed by atoms with E-state index in [0.29, 0.717) is 12.6 Å². The Labute approximate surface area is 161 Å². The number of ether oxygens (including phenoxy) is 1. The standard InChI is InChI=1S/C20H29BrN2OSi/c1-6-9-16(2)20-22-19(17-10-7-8-11-18(17)21)14-23(20)15-24-12-13-25(3,4)5/h6-8,10-11,14,16H,1,9,12-13,15H2,2-5H3/t16-/m0/s1. The zero-order chi connectivity index (χ0) is 18.4. The lowest BCUT2D eigenvalue weighted by atomic mass is 10.1. The minimum atomic E-state index is -1.07. The minimum Gasteiger partial charge on any atom is -0.361 e. The Morgan fingerprint density at radius 3 is 2.68 bits per heavy atom. The zero-order valence-corrected chi connectivity index (χ0v) is 18.3. The summed E-state index contributed by atoms with van der Waals surface area (Å²) in [5, 5.41) is 0. The van der Waals surface area contributed by atoms with Crippen LogP contribution in [-0.4, -0.2) is 24.2 Å². The van der Waals surface area contributed by atoms with Crippen LogP contribution in [0.5, 0.6) is 0 Å². The van der Waals surface area contributed by atoms with Gasteiger partial charge in [0.25, 0.3) is 0 Å². The van der Waals surface area contributed by atoms with Crippen LogP contribution in [0, 0.1) is 0 Å². The first-order chi connectivity index (χ1) is 11.8. The smallest absolute Gasteiger partial charge is 0.124 e.